The fraction of sp³-hybridized carbons (Fsp3) is 0.800. The highest BCUT2D eigenvalue weighted by atomic mass is 16.5. The van der Waals surface area contributed by atoms with Crippen molar-refractivity contribution in [2.24, 2.45) is 5.73 Å². The highest BCUT2D eigenvalue weighted by Gasteiger charge is 2.04. The summed E-state index contributed by atoms with van der Waals surface area (Å²) in [5.41, 5.74) is 6.50. The van der Waals surface area contributed by atoms with Crippen molar-refractivity contribution in [1.82, 2.24) is 15.0 Å². The number of unbranched alkanes of at least 4 members (excludes halogenated alkanes) is 1. The van der Waals surface area contributed by atoms with Gasteiger partial charge in [0.05, 0.1) is 25.0 Å². The van der Waals surface area contributed by atoms with Crippen molar-refractivity contribution in [3.05, 3.63) is 11.9 Å². The first-order valence-electron chi connectivity index (χ1n) is 5.47. The van der Waals surface area contributed by atoms with E-state index in [2.05, 4.69) is 17.2 Å². The van der Waals surface area contributed by atoms with E-state index in [1.807, 2.05) is 13.1 Å². The van der Waals surface area contributed by atoms with Crippen molar-refractivity contribution in [3.63, 3.8) is 0 Å². The Morgan fingerprint density at radius 3 is 2.93 bits per heavy atom. The van der Waals surface area contributed by atoms with Crippen LogP contribution in [0.15, 0.2) is 6.20 Å². The molecule has 0 aliphatic carbocycles. The van der Waals surface area contributed by atoms with E-state index in [4.69, 9.17) is 10.5 Å². The Morgan fingerprint density at radius 2 is 2.33 bits per heavy atom. The summed E-state index contributed by atoms with van der Waals surface area (Å²) in [6, 6.07) is -0.0558. The van der Waals surface area contributed by atoms with Crippen LogP contribution in [0.2, 0.25) is 0 Å². The molecule has 0 bridgehead atoms. The minimum absolute atomic E-state index is 0.0558. The Bertz CT molecular complexity index is 272. The molecule has 0 saturated carbocycles. The zero-order valence-corrected chi connectivity index (χ0v) is 9.52. The molecule has 0 aliphatic rings. The van der Waals surface area contributed by atoms with Crippen molar-refractivity contribution in [1.29, 1.82) is 0 Å². The molecular weight excluding hydrogens is 192 g/mol. The summed E-state index contributed by atoms with van der Waals surface area (Å²) in [5, 5.41) is 7.93. The van der Waals surface area contributed by atoms with Gasteiger partial charge in [-0.15, -0.1) is 5.10 Å². The molecule has 1 atom stereocenters. The van der Waals surface area contributed by atoms with E-state index >= 15 is 0 Å². The van der Waals surface area contributed by atoms with Gasteiger partial charge in [-0.05, 0) is 13.3 Å². The third-order valence-electron chi connectivity index (χ3n) is 2.13. The quantitative estimate of drug-likeness (QED) is 0.688. The van der Waals surface area contributed by atoms with Crippen LogP contribution in [-0.2, 0) is 11.3 Å². The van der Waals surface area contributed by atoms with Crippen molar-refractivity contribution in [2.45, 2.75) is 39.3 Å². The van der Waals surface area contributed by atoms with Gasteiger partial charge in [0.15, 0.2) is 0 Å². The number of ether oxygens (including phenoxy) is 1. The molecule has 5 heteroatoms. The summed E-state index contributed by atoms with van der Waals surface area (Å²) in [4.78, 5) is 0. The maximum Gasteiger partial charge on any atom is 0.0991 e. The summed E-state index contributed by atoms with van der Waals surface area (Å²) in [6.45, 7) is 6.29. The lowest BCUT2D eigenvalue weighted by Gasteiger charge is -2.02. The molecule has 2 N–H and O–H groups in total. The second kappa shape index (κ2) is 6.53. The van der Waals surface area contributed by atoms with E-state index < -0.39 is 0 Å². The summed E-state index contributed by atoms with van der Waals surface area (Å²) in [7, 11) is 0. The van der Waals surface area contributed by atoms with E-state index in [0.717, 1.165) is 31.7 Å². The maximum atomic E-state index is 5.67. The van der Waals surface area contributed by atoms with E-state index in [-0.39, 0.29) is 6.04 Å². The van der Waals surface area contributed by atoms with Crippen molar-refractivity contribution in [3.8, 4) is 0 Å². The van der Waals surface area contributed by atoms with Gasteiger partial charge in [0.2, 0.25) is 0 Å². The zero-order chi connectivity index (χ0) is 11.1. The number of hydrogen-bond donors (Lipinski definition) is 1. The third kappa shape index (κ3) is 4.40. The molecule has 1 aromatic rings. The highest BCUT2D eigenvalue weighted by molar-refractivity contribution is 4.97. The molecule has 0 radical (unpaired) electrons. The van der Waals surface area contributed by atoms with Crippen LogP contribution in [0.5, 0.6) is 0 Å². The van der Waals surface area contributed by atoms with Gasteiger partial charge in [-0.1, -0.05) is 18.6 Å². The van der Waals surface area contributed by atoms with Gasteiger partial charge >= 0.3 is 0 Å². The van der Waals surface area contributed by atoms with Gasteiger partial charge in [-0.3, -0.25) is 0 Å². The maximum absolute atomic E-state index is 5.67. The SMILES string of the molecule is CCCCOCCn1cc(C(C)N)nn1. The first-order chi connectivity index (χ1) is 7.24. The van der Waals surface area contributed by atoms with Crippen molar-refractivity contribution in [2.75, 3.05) is 13.2 Å². The molecule has 1 heterocycles. The number of hydrogen-bond acceptors (Lipinski definition) is 4. The predicted molar refractivity (Wildman–Crippen MR) is 58.4 cm³/mol. The Labute approximate surface area is 90.6 Å². The van der Waals surface area contributed by atoms with Gasteiger partial charge < -0.3 is 10.5 Å². The lowest BCUT2D eigenvalue weighted by Crippen LogP contribution is -2.07. The van der Waals surface area contributed by atoms with Gasteiger partial charge in [-0.25, -0.2) is 4.68 Å². The smallest absolute Gasteiger partial charge is 0.0991 e. The van der Waals surface area contributed by atoms with Crippen LogP contribution < -0.4 is 5.73 Å². The molecule has 15 heavy (non-hydrogen) atoms. The van der Waals surface area contributed by atoms with Gasteiger partial charge in [0, 0.05) is 12.6 Å². The van der Waals surface area contributed by atoms with Crippen LogP contribution in [0.25, 0.3) is 0 Å². The monoisotopic (exact) mass is 212 g/mol. The molecule has 5 nitrogen and oxygen atoms in total. The second-order valence-electron chi connectivity index (χ2n) is 3.66. The van der Waals surface area contributed by atoms with Crippen LogP contribution in [0.4, 0.5) is 0 Å². The second-order valence-corrected chi connectivity index (χ2v) is 3.66. The van der Waals surface area contributed by atoms with Crippen LogP contribution in [0, 0.1) is 0 Å². The minimum Gasteiger partial charge on any atom is -0.380 e. The van der Waals surface area contributed by atoms with E-state index in [1.165, 1.54) is 0 Å². The number of nitrogens with two attached hydrogens (primary N) is 1. The zero-order valence-electron chi connectivity index (χ0n) is 9.52. The Hall–Kier alpha value is -0.940. The van der Waals surface area contributed by atoms with Crippen molar-refractivity contribution < 1.29 is 4.74 Å². The lowest BCUT2D eigenvalue weighted by molar-refractivity contribution is 0.120. The van der Waals surface area contributed by atoms with Crippen LogP contribution in [0.3, 0.4) is 0 Å². The molecule has 0 saturated heterocycles. The van der Waals surface area contributed by atoms with Gasteiger partial charge in [0.25, 0.3) is 0 Å². The molecule has 86 valence electrons. The first-order valence-corrected chi connectivity index (χ1v) is 5.47. The van der Waals surface area contributed by atoms with Crippen LogP contribution in [-0.4, -0.2) is 28.2 Å². The molecule has 1 rings (SSSR count). The summed E-state index contributed by atoms with van der Waals surface area (Å²) in [6.07, 6.45) is 4.15. The summed E-state index contributed by atoms with van der Waals surface area (Å²) in [5.74, 6) is 0. The average Bonchev–Trinajstić information content (AvgIpc) is 2.66. The molecule has 0 spiro atoms. The van der Waals surface area contributed by atoms with E-state index in [1.54, 1.807) is 4.68 Å². The highest BCUT2D eigenvalue weighted by Crippen LogP contribution is 2.03. The Kier molecular flexibility index (Phi) is 5.28. The van der Waals surface area contributed by atoms with Crippen molar-refractivity contribution >= 4 is 0 Å². The molecular formula is C10H20N4O. The Balaban J connectivity index is 2.20. The summed E-state index contributed by atoms with van der Waals surface area (Å²) < 4.78 is 7.20. The molecule has 0 aromatic carbocycles. The Morgan fingerprint density at radius 1 is 1.53 bits per heavy atom. The summed E-state index contributed by atoms with van der Waals surface area (Å²) >= 11 is 0. The fourth-order valence-corrected chi connectivity index (χ4v) is 1.14. The number of nitrogens with zero attached hydrogens (tertiary/aromatic N) is 3. The molecule has 1 unspecified atom stereocenters. The average molecular weight is 212 g/mol. The lowest BCUT2D eigenvalue weighted by atomic mass is 10.3. The number of rotatable bonds is 7. The van der Waals surface area contributed by atoms with E-state index in [0.29, 0.717) is 6.61 Å². The molecule has 1 aromatic heterocycles. The topological polar surface area (TPSA) is 66.0 Å². The third-order valence-corrected chi connectivity index (χ3v) is 2.13. The molecule has 0 fully saturated rings. The standard InChI is InChI=1S/C10H20N4O/c1-3-4-6-15-7-5-14-8-10(9(2)11)12-13-14/h8-9H,3-7,11H2,1-2H3. The van der Waals surface area contributed by atoms with Crippen LogP contribution >= 0.6 is 0 Å². The number of aromatic nitrogens is 3. The largest absolute Gasteiger partial charge is 0.380 e. The van der Waals surface area contributed by atoms with E-state index in [9.17, 15) is 0 Å². The fourth-order valence-electron chi connectivity index (χ4n) is 1.14. The minimum atomic E-state index is -0.0558. The molecule has 0 aliphatic heterocycles. The van der Waals surface area contributed by atoms with Gasteiger partial charge in [-0.2, -0.15) is 0 Å². The van der Waals surface area contributed by atoms with Crippen LogP contribution in [0.1, 0.15) is 38.4 Å². The normalized spacial score (nSPS) is 13.0. The molecule has 0 amide bonds. The predicted octanol–water partition coefficient (Wildman–Crippen LogP) is 1.11. The first kappa shape index (κ1) is 12.1. The van der Waals surface area contributed by atoms with Gasteiger partial charge in [0.1, 0.15) is 0 Å².